The first-order valence-corrected chi connectivity index (χ1v) is 8.19. The first-order chi connectivity index (χ1) is 12.7. The Balaban J connectivity index is 1.64. The van der Waals surface area contributed by atoms with E-state index >= 15 is 0 Å². The molecule has 6 heteroatoms. The fourth-order valence-corrected chi connectivity index (χ4v) is 2.69. The van der Waals surface area contributed by atoms with Crippen LogP contribution in [0.4, 0.5) is 10.5 Å². The number of urea groups is 1. The Morgan fingerprint density at radius 1 is 1.00 bits per heavy atom. The van der Waals surface area contributed by atoms with E-state index in [4.69, 9.17) is 9.47 Å². The average molecular weight is 351 g/mol. The Morgan fingerprint density at radius 3 is 2.50 bits per heavy atom. The molecule has 1 heterocycles. The van der Waals surface area contributed by atoms with Gasteiger partial charge in [-0.3, -0.25) is 0 Å². The minimum Gasteiger partial charge on any atom is -0.493 e. The normalized spacial score (nSPS) is 10.2. The van der Waals surface area contributed by atoms with Crippen LogP contribution < -0.4 is 20.1 Å². The number of carbonyl (C=O) groups is 1. The molecule has 0 atom stereocenters. The minimum absolute atomic E-state index is 0.292. The summed E-state index contributed by atoms with van der Waals surface area (Å²) >= 11 is 0. The molecular formula is C20H21N3O3. The summed E-state index contributed by atoms with van der Waals surface area (Å²) in [5, 5.41) is 5.68. The number of nitrogens with zero attached hydrogens (tertiary/aromatic N) is 1. The molecule has 2 amide bonds. The van der Waals surface area contributed by atoms with Gasteiger partial charge in [-0.05, 0) is 36.4 Å². The molecule has 0 bridgehead atoms. The summed E-state index contributed by atoms with van der Waals surface area (Å²) in [6, 6.07) is 16.8. The molecule has 0 fully saturated rings. The second-order valence-electron chi connectivity index (χ2n) is 5.60. The van der Waals surface area contributed by atoms with Crippen molar-refractivity contribution in [3.8, 4) is 17.2 Å². The molecule has 0 aliphatic carbocycles. The molecule has 0 saturated heterocycles. The molecule has 6 nitrogen and oxygen atoms in total. The lowest BCUT2D eigenvalue weighted by atomic mass is 10.2. The molecule has 0 spiro atoms. The van der Waals surface area contributed by atoms with E-state index in [9.17, 15) is 4.79 Å². The van der Waals surface area contributed by atoms with Crippen LogP contribution in [0.2, 0.25) is 0 Å². The summed E-state index contributed by atoms with van der Waals surface area (Å²) in [6.45, 7) is 0.323. The zero-order valence-corrected chi connectivity index (χ0v) is 14.7. The van der Waals surface area contributed by atoms with Crippen molar-refractivity contribution < 1.29 is 14.3 Å². The SMILES string of the molecule is COc1cccc(CNC(=O)Nc2cccc(-n3cccc3)c2)c1OC. The number of ether oxygens (including phenoxy) is 2. The van der Waals surface area contributed by atoms with Crippen molar-refractivity contribution in [2.45, 2.75) is 6.54 Å². The van der Waals surface area contributed by atoms with Gasteiger partial charge in [0.05, 0.1) is 14.2 Å². The zero-order chi connectivity index (χ0) is 18.4. The molecule has 1 aromatic heterocycles. The van der Waals surface area contributed by atoms with Crippen LogP contribution >= 0.6 is 0 Å². The van der Waals surface area contributed by atoms with Crippen LogP contribution in [0.15, 0.2) is 67.0 Å². The van der Waals surface area contributed by atoms with Crippen molar-refractivity contribution in [1.29, 1.82) is 0 Å². The van der Waals surface area contributed by atoms with Gasteiger partial charge >= 0.3 is 6.03 Å². The zero-order valence-electron chi connectivity index (χ0n) is 14.7. The summed E-state index contributed by atoms with van der Waals surface area (Å²) in [7, 11) is 3.16. The molecule has 3 rings (SSSR count). The number of rotatable bonds is 6. The number of hydrogen-bond donors (Lipinski definition) is 2. The number of benzene rings is 2. The lowest BCUT2D eigenvalue weighted by molar-refractivity contribution is 0.251. The van der Waals surface area contributed by atoms with Gasteiger partial charge in [-0.15, -0.1) is 0 Å². The van der Waals surface area contributed by atoms with Crippen LogP contribution in [-0.2, 0) is 6.54 Å². The Kier molecular flexibility index (Phi) is 5.43. The molecule has 2 N–H and O–H groups in total. The molecule has 0 radical (unpaired) electrons. The third-order valence-corrected chi connectivity index (χ3v) is 3.93. The lowest BCUT2D eigenvalue weighted by Gasteiger charge is -2.14. The maximum atomic E-state index is 12.2. The molecule has 134 valence electrons. The maximum Gasteiger partial charge on any atom is 0.319 e. The smallest absolute Gasteiger partial charge is 0.319 e. The van der Waals surface area contributed by atoms with Gasteiger partial charge in [-0.25, -0.2) is 4.79 Å². The number of aromatic nitrogens is 1. The fourth-order valence-electron chi connectivity index (χ4n) is 2.69. The van der Waals surface area contributed by atoms with Crippen LogP contribution in [0.3, 0.4) is 0 Å². The van der Waals surface area contributed by atoms with E-state index in [0.717, 1.165) is 11.3 Å². The van der Waals surface area contributed by atoms with Gasteiger partial charge in [0, 0.05) is 35.9 Å². The predicted molar refractivity (Wildman–Crippen MR) is 101 cm³/mol. The molecule has 0 aliphatic heterocycles. The number of para-hydroxylation sites is 1. The summed E-state index contributed by atoms with van der Waals surface area (Å²) in [4.78, 5) is 12.2. The lowest BCUT2D eigenvalue weighted by Crippen LogP contribution is -2.28. The van der Waals surface area contributed by atoms with Gasteiger partial charge in [0.25, 0.3) is 0 Å². The molecule has 0 aliphatic rings. The van der Waals surface area contributed by atoms with Gasteiger partial charge in [0.2, 0.25) is 0 Å². The van der Waals surface area contributed by atoms with E-state index in [1.165, 1.54) is 0 Å². The van der Waals surface area contributed by atoms with Crippen molar-refractivity contribution in [2.24, 2.45) is 0 Å². The van der Waals surface area contributed by atoms with Crippen LogP contribution in [0.25, 0.3) is 5.69 Å². The Labute approximate surface area is 152 Å². The van der Waals surface area contributed by atoms with Crippen LogP contribution in [-0.4, -0.2) is 24.8 Å². The number of amides is 2. The standard InChI is InChI=1S/C20H21N3O3/c1-25-18-10-5-7-15(19(18)26-2)14-21-20(24)22-16-8-6-9-17(13-16)23-11-3-4-12-23/h3-13H,14H2,1-2H3,(H2,21,22,24). The van der Waals surface area contributed by atoms with E-state index in [1.54, 1.807) is 14.2 Å². The van der Waals surface area contributed by atoms with E-state index in [-0.39, 0.29) is 6.03 Å². The van der Waals surface area contributed by atoms with Gasteiger partial charge in [-0.1, -0.05) is 18.2 Å². The molecule has 26 heavy (non-hydrogen) atoms. The van der Waals surface area contributed by atoms with Crippen LogP contribution in [0.5, 0.6) is 11.5 Å². The van der Waals surface area contributed by atoms with Gasteiger partial charge in [-0.2, -0.15) is 0 Å². The van der Waals surface area contributed by atoms with E-state index in [1.807, 2.05) is 71.6 Å². The maximum absolute atomic E-state index is 12.2. The summed E-state index contributed by atoms with van der Waals surface area (Å²) in [5.41, 5.74) is 2.52. The van der Waals surface area contributed by atoms with Crippen molar-refractivity contribution >= 4 is 11.7 Å². The molecule has 3 aromatic rings. The fraction of sp³-hybridized carbons (Fsp3) is 0.150. The van der Waals surface area contributed by atoms with Crippen molar-refractivity contribution in [3.63, 3.8) is 0 Å². The quantitative estimate of drug-likeness (QED) is 0.710. The Hall–Kier alpha value is -3.41. The molecule has 0 unspecified atom stereocenters. The summed E-state index contributed by atoms with van der Waals surface area (Å²) < 4.78 is 12.6. The second kappa shape index (κ2) is 8.11. The highest BCUT2D eigenvalue weighted by atomic mass is 16.5. The summed E-state index contributed by atoms with van der Waals surface area (Å²) in [6.07, 6.45) is 3.91. The topological polar surface area (TPSA) is 64.5 Å². The third kappa shape index (κ3) is 3.97. The number of methoxy groups -OCH3 is 2. The molecule has 2 aromatic carbocycles. The van der Waals surface area contributed by atoms with E-state index in [0.29, 0.717) is 23.7 Å². The highest BCUT2D eigenvalue weighted by molar-refractivity contribution is 5.89. The van der Waals surface area contributed by atoms with Gasteiger partial charge in [0.1, 0.15) is 0 Å². The summed E-state index contributed by atoms with van der Waals surface area (Å²) in [5.74, 6) is 1.25. The second-order valence-corrected chi connectivity index (χ2v) is 5.60. The largest absolute Gasteiger partial charge is 0.493 e. The number of hydrogen-bond acceptors (Lipinski definition) is 3. The van der Waals surface area contributed by atoms with E-state index in [2.05, 4.69) is 10.6 Å². The number of carbonyl (C=O) groups excluding carboxylic acids is 1. The number of nitrogens with one attached hydrogen (secondary N) is 2. The molecular weight excluding hydrogens is 330 g/mol. The Bertz CT molecular complexity index is 876. The number of anilines is 1. The van der Waals surface area contributed by atoms with Crippen molar-refractivity contribution in [3.05, 3.63) is 72.6 Å². The first-order valence-electron chi connectivity index (χ1n) is 8.19. The van der Waals surface area contributed by atoms with Crippen LogP contribution in [0, 0.1) is 0 Å². The van der Waals surface area contributed by atoms with Crippen molar-refractivity contribution in [1.82, 2.24) is 9.88 Å². The predicted octanol–water partition coefficient (Wildman–Crippen LogP) is 3.82. The van der Waals surface area contributed by atoms with Gasteiger partial charge in [0.15, 0.2) is 11.5 Å². The highest BCUT2D eigenvalue weighted by Crippen LogP contribution is 2.30. The average Bonchev–Trinajstić information content (AvgIpc) is 3.21. The Morgan fingerprint density at radius 2 is 1.77 bits per heavy atom. The van der Waals surface area contributed by atoms with Crippen LogP contribution in [0.1, 0.15) is 5.56 Å². The van der Waals surface area contributed by atoms with Gasteiger partial charge < -0.3 is 24.7 Å². The molecule has 0 saturated carbocycles. The third-order valence-electron chi connectivity index (χ3n) is 3.93. The first kappa shape index (κ1) is 17.4. The minimum atomic E-state index is -0.292. The highest BCUT2D eigenvalue weighted by Gasteiger charge is 2.10. The monoisotopic (exact) mass is 351 g/mol. The van der Waals surface area contributed by atoms with E-state index < -0.39 is 0 Å². The van der Waals surface area contributed by atoms with Crippen molar-refractivity contribution in [2.75, 3.05) is 19.5 Å².